The lowest BCUT2D eigenvalue weighted by molar-refractivity contribution is -0.187. The van der Waals surface area contributed by atoms with E-state index >= 15 is 0 Å². The zero-order valence-corrected chi connectivity index (χ0v) is 24.1. The average Bonchev–Trinajstić information content (AvgIpc) is 3.66. The summed E-state index contributed by atoms with van der Waals surface area (Å²) in [5.74, 6) is -1.46. The van der Waals surface area contributed by atoms with Crippen LogP contribution in [0.4, 0.5) is 13.2 Å². The summed E-state index contributed by atoms with van der Waals surface area (Å²) in [4.78, 5) is 27.5. The second kappa shape index (κ2) is 12.3. The maximum absolute atomic E-state index is 13.5. The summed E-state index contributed by atoms with van der Waals surface area (Å²) in [6, 6.07) is 14.6. The van der Waals surface area contributed by atoms with E-state index in [0.717, 1.165) is 52.2 Å². The Kier molecular flexibility index (Phi) is 8.73. The highest BCUT2D eigenvalue weighted by Crippen LogP contribution is 2.47. The number of halogens is 3. The van der Waals surface area contributed by atoms with Crippen LogP contribution in [0.2, 0.25) is 0 Å². The quantitative estimate of drug-likeness (QED) is 0.260. The number of ether oxygens (including phenoxy) is 1. The van der Waals surface area contributed by atoms with Gasteiger partial charge in [-0.2, -0.15) is 13.2 Å². The van der Waals surface area contributed by atoms with E-state index in [9.17, 15) is 22.8 Å². The molecule has 0 spiro atoms. The Balaban J connectivity index is 1.12. The number of hydrogen-bond acceptors (Lipinski definition) is 6. The molecule has 5 rings (SSSR count). The standard InChI is InChI=1S/C32H36F3N3O4/c1-4-41-30(39)26-9-7-22(8-10-26)6-5-15-37-17-23(18-37)19-38(31(40)32(33,34)35)28-16-27(28)24-11-13-25(14-12-24)29-20(2)36-42-21(29)3/h7-14,23,27-28H,4-6,15-19H2,1-3H3. The molecule has 1 aliphatic carbocycles. The van der Waals surface area contributed by atoms with Crippen LogP contribution >= 0.6 is 0 Å². The Hall–Kier alpha value is -3.66. The van der Waals surface area contributed by atoms with Crippen LogP contribution in [-0.2, 0) is 16.0 Å². The van der Waals surface area contributed by atoms with Crippen LogP contribution in [0.25, 0.3) is 11.1 Å². The average molecular weight is 584 g/mol. The van der Waals surface area contributed by atoms with Crippen LogP contribution in [0, 0.1) is 19.8 Å². The van der Waals surface area contributed by atoms with Crippen LogP contribution in [0.15, 0.2) is 53.1 Å². The Morgan fingerprint density at radius 3 is 2.36 bits per heavy atom. The van der Waals surface area contributed by atoms with E-state index in [1.54, 1.807) is 19.1 Å². The number of hydrogen-bond donors (Lipinski definition) is 0. The summed E-state index contributed by atoms with van der Waals surface area (Å²) < 4.78 is 50.9. The van der Waals surface area contributed by atoms with Gasteiger partial charge in [0.15, 0.2) is 0 Å². The molecule has 224 valence electrons. The maximum Gasteiger partial charge on any atom is 0.471 e. The second-order valence-corrected chi connectivity index (χ2v) is 11.3. The number of carbonyl (C=O) groups is 2. The van der Waals surface area contributed by atoms with Crippen LogP contribution in [-0.4, -0.2) is 71.8 Å². The van der Waals surface area contributed by atoms with E-state index < -0.39 is 18.1 Å². The van der Waals surface area contributed by atoms with Crippen LogP contribution in [0.5, 0.6) is 0 Å². The molecule has 2 aliphatic rings. The summed E-state index contributed by atoms with van der Waals surface area (Å²) >= 11 is 0. The van der Waals surface area contributed by atoms with Gasteiger partial charge in [-0.25, -0.2) is 4.79 Å². The Morgan fingerprint density at radius 1 is 1.07 bits per heavy atom. The first-order valence-corrected chi connectivity index (χ1v) is 14.4. The normalized spacial score (nSPS) is 18.9. The monoisotopic (exact) mass is 583 g/mol. The molecule has 10 heteroatoms. The van der Waals surface area contributed by atoms with Crippen LogP contribution in [0.3, 0.4) is 0 Å². The topological polar surface area (TPSA) is 75.9 Å². The van der Waals surface area contributed by atoms with E-state index in [1.165, 1.54) is 0 Å². The number of amides is 1. The van der Waals surface area contributed by atoms with E-state index in [2.05, 4.69) is 10.1 Å². The van der Waals surface area contributed by atoms with Crippen molar-refractivity contribution in [1.29, 1.82) is 0 Å². The number of carbonyl (C=O) groups excluding carboxylic acids is 2. The molecule has 2 atom stereocenters. The summed E-state index contributed by atoms with van der Waals surface area (Å²) in [6.45, 7) is 8.10. The number of esters is 1. The molecule has 0 bridgehead atoms. The van der Waals surface area contributed by atoms with Gasteiger partial charge in [-0.05, 0) is 75.4 Å². The number of aromatic nitrogens is 1. The fourth-order valence-electron chi connectivity index (χ4n) is 5.99. The van der Waals surface area contributed by atoms with Gasteiger partial charge in [0.1, 0.15) is 5.76 Å². The molecule has 2 aromatic carbocycles. The molecule has 1 aliphatic heterocycles. The molecule has 1 aromatic heterocycles. The lowest BCUT2D eigenvalue weighted by Crippen LogP contribution is -2.54. The van der Waals surface area contributed by atoms with E-state index in [0.29, 0.717) is 37.4 Å². The zero-order chi connectivity index (χ0) is 30.0. The van der Waals surface area contributed by atoms with Crippen molar-refractivity contribution in [2.45, 2.75) is 58.2 Å². The number of rotatable bonds is 11. The summed E-state index contributed by atoms with van der Waals surface area (Å²) in [7, 11) is 0. The van der Waals surface area contributed by atoms with Gasteiger partial charge >= 0.3 is 18.1 Å². The van der Waals surface area contributed by atoms with Gasteiger partial charge in [-0.15, -0.1) is 0 Å². The van der Waals surface area contributed by atoms with Crippen molar-refractivity contribution in [2.75, 3.05) is 32.8 Å². The molecule has 1 saturated heterocycles. The summed E-state index contributed by atoms with van der Waals surface area (Å²) in [6.07, 6.45) is -2.64. The molecule has 2 fully saturated rings. The molecule has 1 amide bonds. The predicted octanol–water partition coefficient (Wildman–Crippen LogP) is 5.95. The van der Waals surface area contributed by atoms with Crippen molar-refractivity contribution >= 4 is 11.9 Å². The smallest absolute Gasteiger partial charge is 0.462 e. The second-order valence-electron chi connectivity index (χ2n) is 11.3. The molecule has 2 unspecified atom stereocenters. The number of likely N-dealkylation sites (tertiary alicyclic amines) is 1. The van der Waals surface area contributed by atoms with Gasteiger partial charge < -0.3 is 19.1 Å². The first-order valence-electron chi connectivity index (χ1n) is 14.4. The van der Waals surface area contributed by atoms with Crippen LogP contribution < -0.4 is 0 Å². The van der Waals surface area contributed by atoms with Gasteiger partial charge in [0.25, 0.3) is 0 Å². The van der Waals surface area contributed by atoms with Gasteiger partial charge in [-0.1, -0.05) is 41.6 Å². The van der Waals surface area contributed by atoms with Crippen molar-refractivity contribution in [1.82, 2.24) is 15.0 Å². The summed E-state index contributed by atoms with van der Waals surface area (Å²) in [5.41, 5.74) is 5.22. The molecular weight excluding hydrogens is 547 g/mol. The van der Waals surface area contributed by atoms with Crippen molar-refractivity contribution < 1.29 is 32.0 Å². The Morgan fingerprint density at radius 2 is 1.76 bits per heavy atom. The van der Waals surface area contributed by atoms with Crippen molar-refractivity contribution in [2.24, 2.45) is 5.92 Å². The highest BCUT2D eigenvalue weighted by atomic mass is 19.4. The third-order valence-electron chi connectivity index (χ3n) is 8.21. The lowest BCUT2D eigenvalue weighted by Gasteiger charge is -2.42. The Bertz CT molecular complexity index is 1380. The molecule has 42 heavy (non-hydrogen) atoms. The van der Waals surface area contributed by atoms with E-state index in [1.807, 2.05) is 50.2 Å². The number of benzene rings is 2. The molecule has 0 radical (unpaired) electrons. The van der Waals surface area contributed by atoms with E-state index in [4.69, 9.17) is 9.26 Å². The largest absolute Gasteiger partial charge is 0.471 e. The molecular formula is C32H36F3N3O4. The maximum atomic E-state index is 13.5. The highest BCUT2D eigenvalue weighted by molar-refractivity contribution is 5.89. The predicted molar refractivity (Wildman–Crippen MR) is 151 cm³/mol. The van der Waals surface area contributed by atoms with Crippen molar-refractivity contribution in [3.8, 4) is 11.1 Å². The lowest BCUT2D eigenvalue weighted by atomic mass is 9.97. The highest BCUT2D eigenvalue weighted by Gasteiger charge is 2.52. The fraction of sp³-hybridized carbons (Fsp3) is 0.469. The number of nitrogens with zero attached hydrogens (tertiary/aromatic N) is 3. The van der Waals surface area contributed by atoms with Gasteiger partial charge in [0.2, 0.25) is 0 Å². The Labute approximate surface area is 243 Å². The van der Waals surface area contributed by atoms with E-state index in [-0.39, 0.29) is 24.3 Å². The zero-order valence-electron chi connectivity index (χ0n) is 24.1. The van der Waals surface area contributed by atoms with Crippen molar-refractivity contribution in [3.05, 3.63) is 76.7 Å². The SMILES string of the molecule is CCOC(=O)c1ccc(CCCN2CC(CN(C(=O)C(F)(F)F)C3CC3c3ccc(-c4c(C)noc4C)cc3)C2)cc1. The molecule has 3 aromatic rings. The van der Waals surface area contributed by atoms with Gasteiger partial charge in [0, 0.05) is 43.1 Å². The third-order valence-corrected chi connectivity index (χ3v) is 8.21. The minimum Gasteiger partial charge on any atom is -0.462 e. The van der Waals surface area contributed by atoms with Gasteiger partial charge in [-0.3, -0.25) is 4.79 Å². The van der Waals surface area contributed by atoms with Crippen molar-refractivity contribution in [3.63, 3.8) is 0 Å². The minimum absolute atomic E-state index is 0.0170. The first kappa shape index (κ1) is 29.8. The number of alkyl halides is 3. The fourth-order valence-corrected chi connectivity index (χ4v) is 5.99. The molecule has 7 nitrogen and oxygen atoms in total. The molecule has 2 heterocycles. The first-order chi connectivity index (χ1) is 20.0. The molecule has 0 N–H and O–H groups in total. The minimum atomic E-state index is -4.90. The number of aryl methyl sites for hydroxylation is 3. The third kappa shape index (κ3) is 6.69. The van der Waals surface area contributed by atoms with Gasteiger partial charge in [0.05, 0.1) is 17.9 Å². The molecule has 1 saturated carbocycles. The summed E-state index contributed by atoms with van der Waals surface area (Å²) in [5, 5.41) is 3.99. The van der Waals surface area contributed by atoms with Crippen LogP contribution in [0.1, 0.15) is 58.6 Å².